The predicted molar refractivity (Wildman–Crippen MR) is 97.6 cm³/mol. The number of carbonyl (C=O) groups is 1. The summed E-state index contributed by atoms with van der Waals surface area (Å²) in [6.07, 6.45) is 5.35. The molecule has 4 rings (SSSR count). The molecule has 0 aliphatic carbocycles. The van der Waals surface area contributed by atoms with E-state index < -0.39 is 0 Å². The minimum atomic E-state index is -0.119. The first-order valence-corrected chi connectivity index (χ1v) is 8.57. The van der Waals surface area contributed by atoms with Gasteiger partial charge in [-0.25, -0.2) is 0 Å². The summed E-state index contributed by atoms with van der Waals surface area (Å²) in [5.41, 5.74) is 2.75. The molecule has 0 fully saturated rings. The zero-order valence-corrected chi connectivity index (χ0v) is 14.0. The van der Waals surface area contributed by atoms with Crippen molar-refractivity contribution in [2.24, 2.45) is 0 Å². The van der Waals surface area contributed by atoms with Gasteiger partial charge in [0.1, 0.15) is 0 Å². The van der Waals surface area contributed by atoms with E-state index in [0.29, 0.717) is 11.4 Å². The van der Waals surface area contributed by atoms with Crippen LogP contribution in [0.3, 0.4) is 0 Å². The van der Waals surface area contributed by atoms with Crippen molar-refractivity contribution in [3.05, 3.63) is 77.6 Å². The smallest absolute Gasteiger partial charge is 0.265 e. The average Bonchev–Trinajstić information content (AvgIpc) is 3.37. The lowest BCUT2D eigenvalue weighted by molar-refractivity contribution is 0.103. The summed E-state index contributed by atoms with van der Waals surface area (Å²) < 4.78 is 1.84. The first-order valence-electron chi connectivity index (χ1n) is 7.75. The number of hydrogen-bond donors (Lipinski definition) is 2. The minimum absolute atomic E-state index is 0.119. The Morgan fingerprint density at radius 2 is 2.12 bits per heavy atom. The summed E-state index contributed by atoms with van der Waals surface area (Å²) in [5.74, 6) is -0.119. The van der Waals surface area contributed by atoms with E-state index in [1.807, 2.05) is 59.4 Å². The van der Waals surface area contributed by atoms with Crippen LogP contribution in [0.4, 0.5) is 5.69 Å². The fourth-order valence-corrected chi connectivity index (χ4v) is 3.40. The van der Waals surface area contributed by atoms with Crippen molar-refractivity contribution in [2.45, 2.75) is 6.54 Å². The minimum Gasteiger partial charge on any atom is -0.321 e. The lowest BCUT2D eigenvalue weighted by Gasteiger charge is -2.07. The second-order valence-electron chi connectivity index (χ2n) is 5.49. The molecule has 2 N–H and O–H groups in total. The number of aromatic nitrogens is 4. The largest absolute Gasteiger partial charge is 0.321 e. The normalized spacial score (nSPS) is 10.7. The third kappa shape index (κ3) is 3.51. The van der Waals surface area contributed by atoms with Crippen LogP contribution in [0.5, 0.6) is 0 Å². The molecule has 3 aromatic heterocycles. The fraction of sp³-hybridized carbons (Fsp3) is 0.0556. The van der Waals surface area contributed by atoms with Gasteiger partial charge in [0.2, 0.25) is 0 Å². The molecule has 25 heavy (non-hydrogen) atoms. The number of hydrogen-bond acceptors (Lipinski definition) is 4. The van der Waals surface area contributed by atoms with Crippen molar-refractivity contribution in [3.63, 3.8) is 0 Å². The van der Waals surface area contributed by atoms with Gasteiger partial charge in [0, 0.05) is 24.3 Å². The standard InChI is InChI=1S/C18H15N5OS/c24-18(17-6-5-16(25-17)15-7-9-19-22-15)21-14-4-1-3-13(11-14)12-23-10-2-8-20-23/h1-11H,12H2,(H,19,22)(H,21,24). The molecule has 6 nitrogen and oxygen atoms in total. The first-order chi connectivity index (χ1) is 12.3. The molecule has 0 radical (unpaired) electrons. The number of amides is 1. The third-order valence-corrected chi connectivity index (χ3v) is 4.80. The molecule has 1 aromatic carbocycles. The van der Waals surface area contributed by atoms with Crippen molar-refractivity contribution in [3.8, 4) is 10.6 Å². The van der Waals surface area contributed by atoms with E-state index in [-0.39, 0.29) is 5.91 Å². The van der Waals surface area contributed by atoms with Gasteiger partial charge in [0.05, 0.1) is 22.0 Å². The van der Waals surface area contributed by atoms with E-state index in [1.165, 1.54) is 11.3 Å². The van der Waals surface area contributed by atoms with Crippen LogP contribution in [-0.4, -0.2) is 25.9 Å². The molecule has 0 aliphatic heterocycles. The first kappa shape index (κ1) is 15.3. The van der Waals surface area contributed by atoms with Crippen molar-refractivity contribution in [1.82, 2.24) is 20.0 Å². The highest BCUT2D eigenvalue weighted by atomic mass is 32.1. The van der Waals surface area contributed by atoms with Gasteiger partial charge >= 0.3 is 0 Å². The molecule has 124 valence electrons. The second-order valence-corrected chi connectivity index (χ2v) is 6.58. The van der Waals surface area contributed by atoms with Crippen molar-refractivity contribution >= 4 is 22.9 Å². The van der Waals surface area contributed by atoms with E-state index in [0.717, 1.165) is 21.8 Å². The molecule has 0 aliphatic rings. The molecule has 0 saturated heterocycles. The van der Waals surface area contributed by atoms with Crippen LogP contribution in [0.2, 0.25) is 0 Å². The molecule has 0 atom stereocenters. The lowest BCUT2D eigenvalue weighted by Crippen LogP contribution is -2.10. The number of anilines is 1. The van der Waals surface area contributed by atoms with E-state index in [4.69, 9.17) is 0 Å². The molecule has 0 spiro atoms. The number of nitrogens with one attached hydrogen (secondary N) is 2. The molecular weight excluding hydrogens is 334 g/mol. The topological polar surface area (TPSA) is 75.6 Å². The number of rotatable bonds is 5. The lowest BCUT2D eigenvalue weighted by atomic mass is 10.2. The Labute approximate surface area is 148 Å². The van der Waals surface area contributed by atoms with Gasteiger partial charge < -0.3 is 5.32 Å². The molecule has 4 aromatic rings. The van der Waals surface area contributed by atoms with Crippen LogP contribution in [0.15, 0.2) is 67.1 Å². The highest BCUT2D eigenvalue weighted by molar-refractivity contribution is 7.17. The zero-order valence-electron chi connectivity index (χ0n) is 13.2. The maximum atomic E-state index is 12.5. The Morgan fingerprint density at radius 3 is 2.92 bits per heavy atom. The summed E-state index contributed by atoms with van der Waals surface area (Å²) in [4.78, 5) is 14.1. The number of carbonyl (C=O) groups excluding carboxylic acids is 1. The van der Waals surface area contributed by atoms with Crippen molar-refractivity contribution < 1.29 is 4.79 Å². The van der Waals surface area contributed by atoms with Crippen molar-refractivity contribution in [2.75, 3.05) is 5.32 Å². The maximum absolute atomic E-state index is 12.5. The molecule has 3 heterocycles. The Morgan fingerprint density at radius 1 is 1.16 bits per heavy atom. The second kappa shape index (κ2) is 6.74. The van der Waals surface area contributed by atoms with E-state index in [2.05, 4.69) is 20.6 Å². The average molecular weight is 349 g/mol. The Hall–Kier alpha value is -3.19. The number of nitrogens with zero attached hydrogens (tertiary/aromatic N) is 3. The van der Waals surface area contributed by atoms with Gasteiger partial charge in [-0.2, -0.15) is 10.2 Å². The van der Waals surface area contributed by atoms with Gasteiger partial charge in [-0.15, -0.1) is 11.3 Å². The van der Waals surface area contributed by atoms with E-state index in [1.54, 1.807) is 12.4 Å². The van der Waals surface area contributed by atoms with Gasteiger partial charge in [0.15, 0.2) is 0 Å². The molecular formula is C18H15N5OS. The quantitative estimate of drug-likeness (QED) is 0.578. The Bertz CT molecular complexity index is 973. The summed E-state index contributed by atoms with van der Waals surface area (Å²) in [5, 5.41) is 14.0. The zero-order chi connectivity index (χ0) is 17.1. The number of H-pyrrole nitrogens is 1. The monoisotopic (exact) mass is 349 g/mol. The summed E-state index contributed by atoms with van der Waals surface area (Å²) >= 11 is 1.43. The van der Waals surface area contributed by atoms with Crippen LogP contribution in [0, 0.1) is 0 Å². The van der Waals surface area contributed by atoms with Crippen LogP contribution in [0.25, 0.3) is 10.6 Å². The van der Waals surface area contributed by atoms with Gasteiger partial charge in [-0.05, 0) is 42.0 Å². The van der Waals surface area contributed by atoms with Gasteiger partial charge in [-0.3, -0.25) is 14.6 Å². The van der Waals surface area contributed by atoms with E-state index in [9.17, 15) is 4.79 Å². The molecule has 7 heteroatoms. The Balaban J connectivity index is 1.47. The summed E-state index contributed by atoms with van der Waals surface area (Å²) in [6.45, 7) is 0.666. The summed E-state index contributed by atoms with van der Waals surface area (Å²) in [7, 11) is 0. The van der Waals surface area contributed by atoms with Crippen LogP contribution in [-0.2, 0) is 6.54 Å². The van der Waals surface area contributed by atoms with Gasteiger partial charge in [0.25, 0.3) is 5.91 Å². The van der Waals surface area contributed by atoms with Crippen LogP contribution < -0.4 is 5.32 Å². The number of thiophene rings is 1. The summed E-state index contributed by atoms with van der Waals surface area (Å²) in [6, 6.07) is 15.3. The van der Waals surface area contributed by atoms with Crippen LogP contribution >= 0.6 is 11.3 Å². The number of aromatic amines is 1. The maximum Gasteiger partial charge on any atom is 0.265 e. The van der Waals surface area contributed by atoms with Crippen molar-refractivity contribution in [1.29, 1.82) is 0 Å². The highest BCUT2D eigenvalue weighted by Gasteiger charge is 2.11. The fourth-order valence-electron chi connectivity index (χ4n) is 2.52. The molecule has 0 saturated carbocycles. The Kier molecular flexibility index (Phi) is 4.14. The van der Waals surface area contributed by atoms with Gasteiger partial charge in [-0.1, -0.05) is 12.1 Å². The molecule has 0 unspecified atom stereocenters. The third-order valence-electron chi connectivity index (χ3n) is 3.68. The predicted octanol–water partition coefficient (Wildman–Crippen LogP) is 3.64. The number of benzene rings is 1. The SMILES string of the molecule is O=C(Nc1cccc(Cn2cccn2)c1)c1ccc(-c2ccn[nH]2)s1. The van der Waals surface area contributed by atoms with E-state index >= 15 is 0 Å². The van der Waals surface area contributed by atoms with Crippen LogP contribution in [0.1, 0.15) is 15.2 Å². The molecule has 0 bridgehead atoms. The molecule has 1 amide bonds. The highest BCUT2D eigenvalue weighted by Crippen LogP contribution is 2.27.